The van der Waals surface area contributed by atoms with E-state index >= 15 is 0 Å². The van der Waals surface area contributed by atoms with E-state index < -0.39 is 0 Å². The highest BCUT2D eigenvalue weighted by molar-refractivity contribution is 6.11. The summed E-state index contributed by atoms with van der Waals surface area (Å²) in [5, 5.41) is 0. The number of allylic oxidation sites excluding steroid dienone is 1. The molecule has 3 aromatic carbocycles. The molecule has 5 nitrogen and oxygen atoms in total. The van der Waals surface area contributed by atoms with Crippen molar-refractivity contribution in [2.75, 3.05) is 24.5 Å². The van der Waals surface area contributed by atoms with Crippen molar-refractivity contribution in [1.82, 2.24) is 4.90 Å². The number of unbranched alkanes of at least 4 members (excludes halogenated alkanes) is 1. The van der Waals surface area contributed by atoms with Crippen LogP contribution in [0.3, 0.4) is 0 Å². The van der Waals surface area contributed by atoms with Crippen LogP contribution in [0.25, 0.3) is 5.57 Å². The lowest BCUT2D eigenvalue weighted by Gasteiger charge is -2.31. The molecule has 3 aromatic rings. The number of carbonyl (C=O) groups is 2. The Labute approximate surface area is 223 Å². The van der Waals surface area contributed by atoms with Gasteiger partial charge in [0.15, 0.2) is 17.3 Å². The molecule has 38 heavy (non-hydrogen) atoms. The van der Waals surface area contributed by atoms with Crippen LogP contribution in [0.4, 0.5) is 10.1 Å². The van der Waals surface area contributed by atoms with Gasteiger partial charge in [-0.25, -0.2) is 4.39 Å². The fourth-order valence-electron chi connectivity index (χ4n) is 5.15. The first-order valence-corrected chi connectivity index (χ1v) is 13.4. The lowest BCUT2D eigenvalue weighted by molar-refractivity contribution is -0.117. The van der Waals surface area contributed by atoms with E-state index in [0.717, 1.165) is 24.9 Å². The molecule has 2 heterocycles. The van der Waals surface area contributed by atoms with Gasteiger partial charge in [0.2, 0.25) is 0 Å². The summed E-state index contributed by atoms with van der Waals surface area (Å²) in [4.78, 5) is 30.3. The molecule has 0 aromatic heterocycles. The second kappa shape index (κ2) is 11.7. The zero-order valence-corrected chi connectivity index (χ0v) is 21.8. The number of hydrogen-bond donors (Lipinski definition) is 0. The first kappa shape index (κ1) is 25.9. The van der Waals surface area contributed by atoms with Crippen LogP contribution >= 0.6 is 0 Å². The number of likely N-dealkylation sites (tertiary alicyclic amines) is 1. The second-order valence-electron chi connectivity index (χ2n) is 10.0. The minimum atomic E-state index is -0.358. The molecule has 0 unspecified atom stereocenters. The number of nitrogens with zero attached hydrogens (tertiary/aromatic N) is 2. The molecule has 0 spiro atoms. The molecule has 1 fully saturated rings. The predicted molar refractivity (Wildman–Crippen MR) is 148 cm³/mol. The average molecular weight is 513 g/mol. The highest BCUT2D eigenvalue weighted by atomic mass is 19.1. The second-order valence-corrected chi connectivity index (χ2v) is 10.0. The third-order valence-electron chi connectivity index (χ3n) is 7.40. The van der Waals surface area contributed by atoms with Crippen molar-refractivity contribution < 1.29 is 18.7 Å². The van der Waals surface area contributed by atoms with Crippen molar-refractivity contribution in [2.24, 2.45) is 0 Å². The lowest BCUT2D eigenvalue weighted by Crippen LogP contribution is -2.37. The zero-order valence-electron chi connectivity index (χ0n) is 21.8. The first-order valence-electron chi connectivity index (χ1n) is 13.4. The van der Waals surface area contributed by atoms with Crippen LogP contribution in [0.5, 0.6) is 5.75 Å². The summed E-state index contributed by atoms with van der Waals surface area (Å²) < 4.78 is 20.5. The lowest BCUT2D eigenvalue weighted by atomic mass is 9.99. The van der Waals surface area contributed by atoms with E-state index in [1.165, 1.54) is 32.0 Å². The van der Waals surface area contributed by atoms with Gasteiger partial charge in [0.05, 0.1) is 12.2 Å². The molecule has 2 aliphatic heterocycles. The molecular formula is C32H33FN2O3. The normalized spacial score (nSPS) is 16.8. The van der Waals surface area contributed by atoms with Crippen LogP contribution in [0, 0.1) is 5.82 Å². The minimum absolute atomic E-state index is 0.0911. The summed E-state index contributed by atoms with van der Waals surface area (Å²) in [5.74, 6) is 0.184. The van der Waals surface area contributed by atoms with Gasteiger partial charge in [-0.1, -0.05) is 54.6 Å². The number of ketones is 1. The average Bonchev–Trinajstić information content (AvgIpc) is 3.47. The number of fused-ring (bicyclic) bond motifs is 1. The number of hydrogen-bond acceptors (Lipinski definition) is 4. The van der Waals surface area contributed by atoms with Crippen LogP contribution in [-0.2, 0) is 11.3 Å². The van der Waals surface area contributed by atoms with E-state index in [4.69, 9.17) is 4.74 Å². The highest BCUT2D eigenvalue weighted by Gasteiger charge is 2.32. The van der Waals surface area contributed by atoms with E-state index in [0.29, 0.717) is 34.6 Å². The molecule has 0 bridgehead atoms. The highest BCUT2D eigenvalue weighted by Crippen LogP contribution is 2.38. The number of anilines is 1. The number of halogens is 1. The molecule has 196 valence electrons. The third-order valence-corrected chi connectivity index (χ3v) is 7.40. The number of rotatable bonds is 9. The fraction of sp³-hybridized carbons (Fsp3) is 0.312. The van der Waals surface area contributed by atoms with Crippen molar-refractivity contribution in [2.45, 2.75) is 45.6 Å². The van der Waals surface area contributed by atoms with Crippen molar-refractivity contribution in [3.05, 3.63) is 101 Å². The third kappa shape index (κ3) is 5.70. The Morgan fingerprint density at radius 1 is 0.895 bits per heavy atom. The summed E-state index contributed by atoms with van der Waals surface area (Å²) in [7, 11) is 0. The fourth-order valence-corrected chi connectivity index (χ4v) is 5.15. The molecule has 5 rings (SSSR count). The SMILES string of the molecule is C/C(=C1/Oc2ccccc2N(Cc2ccccc2F)C1=O)c1ccc(C(=O)CCCCN2CCCC2)cc1. The van der Waals surface area contributed by atoms with Gasteiger partial charge in [0.25, 0.3) is 5.91 Å². The van der Waals surface area contributed by atoms with E-state index in [2.05, 4.69) is 4.90 Å². The Balaban J connectivity index is 1.31. The number of amides is 1. The Hall–Kier alpha value is -3.77. The largest absolute Gasteiger partial charge is 0.449 e. The number of para-hydroxylation sites is 2. The maximum atomic E-state index is 14.4. The van der Waals surface area contributed by atoms with E-state index in [1.54, 1.807) is 35.2 Å². The van der Waals surface area contributed by atoms with Crippen LogP contribution in [0.2, 0.25) is 0 Å². The summed E-state index contributed by atoms with van der Waals surface area (Å²) in [6, 6.07) is 21.1. The summed E-state index contributed by atoms with van der Waals surface area (Å²) in [5.41, 5.74) is 3.16. The quantitative estimate of drug-likeness (QED) is 0.183. The van der Waals surface area contributed by atoms with Crippen molar-refractivity contribution in [1.29, 1.82) is 0 Å². The number of benzene rings is 3. The van der Waals surface area contributed by atoms with Gasteiger partial charge < -0.3 is 9.64 Å². The van der Waals surface area contributed by atoms with Gasteiger partial charge in [-0.05, 0) is 76.0 Å². The molecule has 0 radical (unpaired) electrons. The molecule has 0 atom stereocenters. The molecule has 6 heteroatoms. The molecule has 1 amide bonds. The minimum Gasteiger partial charge on any atom is -0.449 e. The monoisotopic (exact) mass is 512 g/mol. The maximum absolute atomic E-state index is 14.4. The van der Waals surface area contributed by atoms with Gasteiger partial charge >= 0.3 is 0 Å². The van der Waals surface area contributed by atoms with Crippen molar-refractivity contribution in [3.8, 4) is 5.75 Å². The van der Waals surface area contributed by atoms with Crippen LogP contribution in [-0.4, -0.2) is 36.2 Å². The predicted octanol–water partition coefficient (Wildman–Crippen LogP) is 6.63. The van der Waals surface area contributed by atoms with Crippen LogP contribution in [0.15, 0.2) is 78.6 Å². The van der Waals surface area contributed by atoms with Gasteiger partial charge in [-0.15, -0.1) is 0 Å². The van der Waals surface area contributed by atoms with Gasteiger partial charge in [0, 0.05) is 23.1 Å². The van der Waals surface area contributed by atoms with Gasteiger partial charge in [-0.3, -0.25) is 14.5 Å². The summed E-state index contributed by atoms with van der Waals surface area (Å²) in [6.45, 7) is 5.36. The zero-order chi connectivity index (χ0) is 26.5. The molecular weight excluding hydrogens is 479 g/mol. The molecule has 2 aliphatic rings. The molecule has 0 saturated carbocycles. The topological polar surface area (TPSA) is 49.9 Å². The summed E-state index contributed by atoms with van der Waals surface area (Å²) in [6.07, 6.45) is 5.04. The Morgan fingerprint density at radius 2 is 1.58 bits per heavy atom. The Bertz CT molecular complexity index is 1340. The number of Topliss-reactive ketones (excluding diaryl/α,β-unsaturated/α-hetero) is 1. The number of ether oxygens (including phenoxy) is 1. The Kier molecular flexibility index (Phi) is 7.99. The first-order chi connectivity index (χ1) is 18.5. The smallest absolute Gasteiger partial charge is 0.294 e. The standard InChI is InChI=1S/C32H33FN2O3/c1-23(24-15-17-25(18-16-24)29(36)13-6-7-19-34-20-8-9-21-34)31-32(37)35(22-26-10-2-3-11-27(26)33)28-12-4-5-14-30(28)38-31/h2-5,10-12,14-18H,6-9,13,19-22H2,1H3/b31-23-. The van der Waals surface area contributed by atoms with Gasteiger partial charge in [-0.2, -0.15) is 0 Å². The van der Waals surface area contributed by atoms with Crippen LogP contribution in [0.1, 0.15) is 60.5 Å². The van der Waals surface area contributed by atoms with Crippen molar-refractivity contribution in [3.63, 3.8) is 0 Å². The van der Waals surface area contributed by atoms with Gasteiger partial charge in [0.1, 0.15) is 5.82 Å². The molecule has 0 aliphatic carbocycles. The Morgan fingerprint density at radius 3 is 2.34 bits per heavy atom. The van der Waals surface area contributed by atoms with Crippen LogP contribution < -0.4 is 9.64 Å². The molecule has 1 saturated heterocycles. The maximum Gasteiger partial charge on any atom is 0.294 e. The van der Waals surface area contributed by atoms with E-state index in [9.17, 15) is 14.0 Å². The molecule has 0 N–H and O–H groups in total. The summed E-state index contributed by atoms with van der Waals surface area (Å²) >= 11 is 0. The van der Waals surface area contributed by atoms with Crippen molar-refractivity contribution >= 4 is 23.0 Å². The van der Waals surface area contributed by atoms with E-state index in [1.807, 2.05) is 43.3 Å². The number of carbonyl (C=O) groups excluding carboxylic acids is 2. The van der Waals surface area contributed by atoms with E-state index in [-0.39, 0.29) is 29.8 Å².